The van der Waals surface area contributed by atoms with Crippen LogP contribution in [0.2, 0.25) is 0 Å². The topological polar surface area (TPSA) is 98.2 Å². The molecule has 0 radical (unpaired) electrons. The van der Waals surface area contributed by atoms with Gasteiger partial charge in [0.25, 0.3) is 5.91 Å². The first-order valence-electron chi connectivity index (χ1n) is 12.7. The largest absolute Gasteiger partial charge is 1.00 e. The number of hydrogen-bond acceptors (Lipinski definition) is 7. The van der Waals surface area contributed by atoms with Gasteiger partial charge in [-0.15, -0.1) is 0 Å². The van der Waals surface area contributed by atoms with Crippen LogP contribution in [-0.4, -0.2) is 39.9 Å². The smallest absolute Gasteiger partial charge is 0.548 e. The van der Waals surface area contributed by atoms with Crippen molar-refractivity contribution in [1.82, 2.24) is 15.3 Å². The number of anilines is 1. The van der Waals surface area contributed by atoms with Crippen LogP contribution in [0.15, 0.2) is 91.4 Å². The van der Waals surface area contributed by atoms with E-state index in [9.17, 15) is 14.7 Å². The van der Waals surface area contributed by atoms with Gasteiger partial charge in [-0.05, 0) is 65.3 Å². The molecule has 4 aromatic rings. The molecule has 7 nitrogen and oxygen atoms in total. The minimum Gasteiger partial charge on any atom is -0.548 e. The van der Waals surface area contributed by atoms with E-state index in [1.54, 1.807) is 24.7 Å². The molecule has 0 bridgehead atoms. The Hall–Kier alpha value is -3.57. The summed E-state index contributed by atoms with van der Waals surface area (Å²) in [5, 5.41) is 14.4. The van der Waals surface area contributed by atoms with E-state index in [4.69, 9.17) is 0 Å². The maximum Gasteiger partial charge on any atom is 1.00 e. The zero-order valence-corrected chi connectivity index (χ0v) is 23.9. The maximum atomic E-state index is 13.4. The number of rotatable bonds is 12. The van der Waals surface area contributed by atoms with E-state index in [0.29, 0.717) is 30.8 Å². The van der Waals surface area contributed by atoms with Gasteiger partial charge in [-0.25, -0.2) is 4.98 Å². The van der Waals surface area contributed by atoms with Gasteiger partial charge in [-0.1, -0.05) is 60.7 Å². The molecule has 200 valence electrons. The average Bonchev–Trinajstić information content (AvgIpc) is 2.96. The number of carbonyl (C=O) groups excluding carboxylic acids is 2. The Morgan fingerprint density at radius 1 is 0.950 bits per heavy atom. The van der Waals surface area contributed by atoms with Crippen molar-refractivity contribution in [2.75, 3.05) is 16.9 Å². The Morgan fingerprint density at radius 3 is 2.35 bits per heavy atom. The normalized spacial score (nSPS) is 11.2. The molecule has 0 aliphatic heterocycles. The number of thioether (sulfide) groups is 1. The number of aromatic nitrogens is 2. The van der Waals surface area contributed by atoms with Gasteiger partial charge in [0, 0.05) is 31.0 Å². The summed E-state index contributed by atoms with van der Waals surface area (Å²) in [5.41, 5.74) is 5.19. The summed E-state index contributed by atoms with van der Waals surface area (Å²) in [6, 6.07) is 22.6. The summed E-state index contributed by atoms with van der Waals surface area (Å²) >= 11 is 1.52. The van der Waals surface area contributed by atoms with Gasteiger partial charge in [0.05, 0.1) is 18.2 Å². The molecule has 1 atom stereocenters. The molecule has 4 rings (SSSR count). The van der Waals surface area contributed by atoms with Gasteiger partial charge in [0.15, 0.2) is 0 Å². The number of nitrogens with one attached hydrogen (secondary N) is 1. The van der Waals surface area contributed by atoms with Crippen LogP contribution < -0.4 is 34.2 Å². The molecule has 40 heavy (non-hydrogen) atoms. The second-order valence-electron chi connectivity index (χ2n) is 9.23. The Labute approximate surface area is 251 Å². The van der Waals surface area contributed by atoms with Crippen molar-refractivity contribution in [1.29, 1.82) is 0 Å². The summed E-state index contributed by atoms with van der Waals surface area (Å²) in [5.74, 6) is -0.384. The summed E-state index contributed by atoms with van der Waals surface area (Å²) in [6.07, 6.45) is 7.24. The molecule has 0 saturated carbocycles. The summed E-state index contributed by atoms with van der Waals surface area (Å²) in [4.78, 5) is 36.0. The Morgan fingerprint density at radius 2 is 1.68 bits per heavy atom. The number of amides is 1. The van der Waals surface area contributed by atoms with Crippen molar-refractivity contribution < 1.29 is 33.6 Å². The minimum atomic E-state index is -1.29. The Balaban J connectivity index is 0.00000441. The number of hydrogen-bond donors (Lipinski definition) is 1. The van der Waals surface area contributed by atoms with E-state index in [1.807, 2.05) is 67.8 Å². The second kappa shape index (κ2) is 15.3. The van der Waals surface area contributed by atoms with Crippen LogP contribution in [0.4, 0.5) is 5.82 Å². The summed E-state index contributed by atoms with van der Waals surface area (Å²) in [6.45, 7) is 3.15. The van der Waals surface area contributed by atoms with Gasteiger partial charge >= 0.3 is 18.9 Å². The summed E-state index contributed by atoms with van der Waals surface area (Å²) < 4.78 is 0. The molecular weight excluding hydrogens is 515 g/mol. The Bertz CT molecular complexity index is 1410. The van der Waals surface area contributed by atoms with E-state index in [2.05, 4.69) is 32.3 Å². The van der Waals surface area contributed by atoms with Crippen molar-refractivity contribution in [2.24, 2.45) is 0 Å². The van der Waals surface area contributed by atoms with Gasteiger partial charge < -0.3 is 20.1 Å². The molecule has 1 N–H and O–H groups in total. The zero-order valence-electron chi connectivity index (χ0n) is 23.0. The molecular formula is C31H31LiN4O3S. The molecule has 1 unspecified atom stereocenters. The zero-order chi connectivity index (χ0) is 27.6. The van der Waals surface area contributed by atoms with Gasteiger partial charge in [-0.2, -0.15) is 11.8 Å². The van der Waals surface area contributed by atoms with E-state index < -0.39 is 17.9 Å². The van der Waals surface area contributed by atoms with E-state index >= 15 is 0 Å². The predicted octanol–water partition coefficient (Wildman–Crippen LogP) is 1.26. The van der Waals surface area contributed by atoms with Gasteiger partial charge in [0.1, 0.15) is 5.82 Å². The maximum absolute atomic E-state index is 13.4. The third-order valence-electron chi connectivity index (χ3n) is 6.43. The van der Waals surface area contributed by atoms with Crippen molar-refractivity contribution in [3.8, 4) is 11.1 Å². The number of aryl methyl sites for hydroxylation is 1. The first-order valence-corrected chi connectivity index (χ1v) is 14.1. The first-order chi connectivity index (χ1) is 19.0. The van der Waals surface area contributed by atoms with Gasteiger partial charge in [-0.3, -0.25) is 9.78 Å². The molecule has 9 heteroatoms. The van der Waals surface area contributed by atoms with E-state index in [1.165, 1.54) is 11.8 Å². The quantitative estimate of drug-likeness (QED) is 0.267. The molecule has 0 aliphatic rings. The Kier molecular flexibility index (Phi) is 11.8. The molecule has 3 aromatic carbocycles. The number of carboxylic acid groups (broad SMARTS) is 1. The molecule has 0 fully saturated rings. The van der Waals surface area contributed by atoms with Crippen LogP contribution in [0.3, 0.4) is 0 Å². The number of nitrogens with zero attached hydrogens (tertiary/aromatic N) is 3. The van der Waals surface area contributed by atoms with Crippen LogP contribution in [0, 0.1) is 6.92 Å². The second-order valence-corrected chi connectivity index (χ2v) is 10.2. The standard InChI is InChI=1S/C31H32N4O3S.Li/c1-22-8-6-7-11-25(22)27-18-24(12-13-26(27)30(36)34-28(31(37)38)14-17-39-2)21-35(29-19-32-15-16-33-29)20-23-9-4-3-5-10-23;/h3-13,15-16,18-19,28H,14,17,20-21H2,1-2H3,(H,34,36)(H,37,38);/q;+1/p-1. The van der Waals surface area contributed by atoms with Gasteiger partial charge in [0.2, 0.25) is 0 Å². The van der Waals surface area contributed by atoms with Crippen LogP contribution in [0.25, 0.3) is 11.1 Å². The minimum absolute atomic E-state index is 0. The molecule has 0 spiro atoms. The summed E-state index contributed by atoms with van der Waals surface area (Å²) in [7, 11) is 0. The average molecular weight is 547 g/mol. The number of carboxylic acids is 1. The number of benzene rings is 3. The fraction of sp³-hybridized carbons (Fsp3) is 0.226. The molecule has 0 saturated heterocycles. The van der Waals surface area contributed by atoms with E-state index in [-0.39, 0.29) is 18.9 Å². The number of carbonyl (C=O) groups is 2. The first kappa shape index (κ1) is 31.0. The third-order valence-corrected chi connectivity index (χ3v) is 7.07. The van der Waals surface area contributed by atoms with Crippen LogP contribution >= 0.6 is 11.8 Å². The van der Waals surface area contributed by atoms with Crippen LogP contribution in [0.5, 0.6) is 0 Å². The fourth-order valence-electron chi connectivity index (χ4n) is 4.40. The molecule has 1 amide bonds. The van der Waals surface area contributed by atoms with Crippen molar-refractivity contribution in [3.05, 3.63) is 114 Å². The molecule has 1 aromatic heterocycles. The fourth-order valence-corrected chi connectivity index (χ4v) is 4.87. The van der Waals surface area contributed by atoms with Crippen molar-refractivity contribution >= 4 is 29.5 Å². The molecule has 0 aliphatic carbocycles. The van der Waals surface area contributed by atoms with Crippen LogP contribution in [-0.2, 0) is 17.9 Å². The third kappa shape index (κ3) is 8.22. The van der Waals surface area contributed by atoms with E-state index in [0.717, 1.165) is 33.6 Å². The molecule has 1 heterocycles. The predicted molar refractivity (Wildman–Crippen MR) is 154 cm³/mol. The van der Waals surface area contributed by atoms with Crippen molar-refractivity contribution in [2.45, 2.75) is 32.5 Å². The number of aliphatic carboxylic acids is 1. The van der Waals surface area contributed by atoms with Crippen LogP contribution in [0.1, 0.15) is 33.5 Å². The SMILES string of the molecule is CSCCC(NC(=O)c1ccc(CN(Cc2ccccc2)c2cnccn2)cc1-c1ccccc1C)C(=O)[O-].[Li+]. The monoisotopic (exact) mass is 546 g/mol. The van der Waals surface area contributed by atoms with Crippen molar-refractivity contribution in [3.63, 3.8) is 0 Å².